The molecule has 0 saturated carbocycles. The highest BCUT2D eigenvalue weighted by Gasteiger charge is 2.20. The average Bonchev–Trinajstić information content (AvgIpc) is 2.82. The molecule has 1 heterocycles. The first kappa shape index (κ1) is 16.5. The molecule has 1 aromatic heterocycles. The first-order valence-corrected chi connectivity index (χ1v) is 8.82. The topological polar surface area (TPSA) is 81.1 Å². The van der Waals surface area contributed by atoms with Crippen molar-refractivity contribution in [1.82, 2.24) is 9.55 Å². The van der Waals surface area contributed by atoms with Gasteiger partial charge in [-0.3, -0.25) is 4.79 Å². The number of benzene rings is 1. The van der Waals surface area contributed by atoms with Crippen molar-refractivity contribution in [3.05, 3.63) is 35.7 Å². The number of hydrogen-bond acceptors (Lipinski definition) is 5. The van der Waals surface area contributed by atoms with E-state index in [2.05, 4.69) is 10.3 Å². The Hall–Kier alpha value is -1.86. The van der Waals surface area contributed by atoms with Crippen LogP contribution in [0, 0.1) is 0 Å². The third-order valence-corrected chi connectivity index (χ3v) is 4.61. The first-order valence-electron chi connectivity index (χ1n) is 6.55. The van der Waals surface area contributed by atoms with Gasteiger partial charge in [-0.15, -0.1) is 0 Å². The molecule has 2 rings (SSSR count). The van der Waals surface area contributed by atoms with Crippen LogP contribution < -0.4 is 5.32 Å². The van der Waals surface area contributed by atoms with Crippen molar-refractivity contribution in [3.63, 3.8) is 0 Å². The van der Waals surface area contributed by atoms with Crippen LogP contribution >= 0.6 is 11.6 Å². The number of aryl methyl sites for hydroxylation is 2. The van der Waals surface area contributed by atoms with Gasteiger partial charge in [-0.05, 0) is 35.7 Å². The lowest BCUT2D eigenvalue weighted by Crippen LogP contribution is -2.09. The van der Waals surface area contributed by atoms with Crippen LogP contribution in [0.4, 0.5) is 11.6 Å². The molecule has 0 fully saturated rings. The first-order chi connectivity index (χ1) is 10.2. The monoisotopic (exact) mass is 341 g/mol. The molecule has 0 atom stereocenters. The van der Waals surface area contributed by atoms with Crippen molar-refractivity contribution in [1.29, 1.82) is 0 Å². The summed E-state index contributed by atoms with van der Waals surface area (Å²) in [6, 6.07) is 2.94. The Kier molecular flexibility index (Phi) is 4.58. The van der Waals surface area contributed by atoms with Gasteiger partial charge in [-0.25, -0.2) is 13.4 Å². The van der Waals surface area contributed by atoms with Gasteiger partial charge in [-0.2, -0.15) is 0 Å². The summed E-state index contributed by atoms with van der Waals surface area (Å²) in [6.45, 7) is 1.86. The van der Waals surface area contributed by atoms with Crippen LogP contribution in [0.3, 0.4) is 0 Å². The number of nitrogens with one attached hydrogen (secondary N) is 1. The van der Waals surface area contributed by atoms with Gasteiger partial charge in [-0.1, -0.05) is 6.92 Å². The van der Waals surface area contributed by atoms with Gasteiger partial charge in [0.15, 0.2) is 9.84 Å². The Balaban J connectivity index is 2.65. The molecule has 118 valence electrons. The zero-order chi connectivity index (χ0) is 16.5. The van der Waals surface area contributed by atoms with Crippen molar-refractivity contribution in [3.8, 4) is 0 Å². The number of carbonyl (C=O) groups excluding carboxylic acids is 1. The highest BCUT2D eigenvalue weighted by molar-refractivity contribution is 7.90. The summed E-state index contributed by atoms with van der Waals surface area (Å²) in [7, 11) is -1.76. The molecule has 2 aromatic rings. The Bertz CT molecular complexity index is 828. The number of halogens is 1. The number of carbonyl (C=O) groups is 1. The minimum absolute atomic E-state index is 0.0108. The van der Waals surface area contributed by atoms with Crippen LogP contribution in [0.5, 0.6) is 0 Å². The zero-order valence-corrected chi connectivity index (χ0v) is 14.0. The van der Waals surface area contributed by atoms with E-state index in [-0.39, 0.29) is 10.5 Å². The van der Waals surface area contributed by atoms with E-state index in [0.29, 0.717) is 23.6 Å². The molecule has 0 aliphatic heterocycles. The highest BCUT2D eigenvalue weighted by atomic mass is 35.5. The Labute approximate surface area is 134 Å². The molecular weight excluding hydrogens is 326 g/mol. The van der Waals surface area contributed by atoms with E-state index >= 15 is 0 Å². The summed E-state index contributed by atoms with van der Waals surface area (Å²) < 4.78 is 25.8. The van der Waals surface area contributed by atoms with Crippen LogP contribution in [0.25, 0.3) is 0 Å². The maximum absolute atomic E-state index is 12.0. The van der Waals surface area contributed by atoms with Crippen molar-refractivity contribution in [2.75, 3.05) is 11.6 Å². The highest BCUT2D eigenvalue weighted by Crippen LogP contribution is 2.29. The quantitative estimate of drug-likeness (QED) is 0.845. The van der Waals surface area contributed by atoms with Gasteiger partial charge in [0, 0.05) is 31.3 Å². The van der Waals surface area contributed by atoms with E-state index in [1.54, 1.807) is 30.1 Å². The molecule has 0 aliphatic carbocycles. The lowest BCUT2D eigenvalue weighted by Gasteiger charge is -2.14. The van der Waals surface area contributed by atoms with Crippen LogP contribution in [-0.2, 0) is 23.3 Å². The summed E-state index contributed by atoms with van der Waals surface area (Å²) in [5.74, 6) is 0.497. The standard InChI is InChI=1S/C14H16ClN3O3S/c1-4-9-7-11(17-14-16-5-6-18(14)2)12(22(3,20)21)8-10(9)13(15)19/h5-8H,4H2,1-3H3,(H,16,17). The van der Waals surface area contributed by atoms with Gasteiger partial charge in [0.05, 0.1) is 10.6 Å². The number of sulfone groups is 1. The van der Waals surface area contributed by atoms with Gasteiger partial charge in [0.25, 0.3) is 5.24 Å². The molecule has 8 heteroatoms. The van der Waals surface area contributed by atoms with Crippen LogP contribution in [-0.4, -0.2) is 29.5 Å². The molecule has 1 N–H and O–H groups in total. The number of anilines is 2. The number of imidazole rings is 1. The molecule has 0 spiro atoms. The predicted molar refractivity (Wildman–Crippen MR) is 85.6 cm³/mol. The Morgan fingerprint density at radius 3 is 2.55 bits per heavy atom. The second kappa shape index (κ2) is 6.10. The number of rotatable bonds is 5. The Morgan fingerprint density at radius 1 is 1.41 bits per heavy atom. The number of hydrogen-bond donors (Lipinski definition) is 1. The number of nitrogens with zero attached hydrogens (tertiary/aromatic N) is 2. The van der Waals surface area contributed by atoms with Gasteiger partial charge in [0.2, 0.25) is 5.95 Å². The summed E-state index contributed by atoms with van der Waals surface area (Å²) in [5.41, 5.74) is 1.24. The van der Waals surface area contributed by atoms with E-state index in [1.165, 1.54) is 6.07 Å². The lowest BCUT2D eigenvalue weighted by molar-refractivity contribution is 0.108. The van der Waals surface area contributed by atoms with Gasteiger partial charge < -0.3 is 9.88 Å². The summed E-state index contributed by atoms with van der Waals surface area (Å²) in [6.07, 6.45) is 4.97. The zero-order valence-electron chi connectivity index (χ0n) is 12.4. The van der Waals surface area contributed by atoms with Crippen molar-refractivity contribution >= 4 is 38.3 Å². The summed E-state index contributed by atoms with van der Waals surface area (Å²) in [5, 5.41) is 2.31. The molecule has 0 aliphatic rings. The molecule has 6 nitrogen and oxygen atoms in total. The predicted octanol–water partition coefficient (Wildman–Crippen LogP) is 2.51. The normalized spacial score (nSPS) is 11.5. The maximum Gasteiger partial charge on any atom is 0.252 e. The van der Waals surface area contributed by atoms with E-state index in [9.17, 15) is 13.2 Å². The maximum atomic E-state index is 12.0. The minimum atomic E-state index is -3.54. The summed E-state index contributed by atoms with van der Waals surface area (Å²) >= 11 is 5.56. The number of aromatic nitrogens is 2. The fourth-order valence-corrected chi connectivity index (χ4v) is 3.13. The van der Waals surface area contributed by atoms with Crippen LogP contribution in [0.15, 0.2) is 29.4 Å². The third-order valence-electron chi connectivity index (χ3n) is 3.27. The summed E-state index contributed by atoms with van der Waals surface area (Å²) in [4.78, 5) is 15.6. The van der Waals surface area contributed by atoms with Crippen molar-refractivity contribution < 1.29 is 13.2 Å². The molecule has 0 bridgehead atoms. The van der Waals surface area contributed by atoms with Crippen molar-refractivity contribution in [2.24, 2.45) is 7.05 Å². The Morgan fingerprint density at radius 2 is 2.09 bits per heavy atom. The lowest BCUT2D eigenvalue weighted by atomic mass is 10.1. The van der Waals surface area contributed by atoms with Crippen LogP contribution in [0.2, 0.25) is 0 Å². The molecular formula is C14H16ClN3O3S. The van der Waals surface area contributed by atoms with Gasteiger partial charge in [0.1, 0.15) is 0 Å². The third kappa shape index (κ3) is 3.31. The fraction of sp³-hybridized carbons (Fsp3) is 0.286. The largest absolute Gasteiger partial charge is 0.324 e. The minimum Gasteiger partial charge on any atom is -0.324 e. The second-order valence-electron chi connectivity index (χ2n) is 4.89. The molecule has 1 aromatic carbocycles. The van der Waals surface area contributed by atoms with Gasteiger partial charge >= 0.3 is 0 Å². The molecule has 0 unspecified atom stereocenters. The van der Waals surface area contributed by atoms with E-state index in [1.807, 2.05) is 6.92 Å². The van der Waals surface area contributed by atoms with Crippen LogP contribution in [0.1, 0.15) is 22.8 Å². The fourth-order valence-electron chi connectivity index (χ4n) is 2.11. The molecule has 22 heavy (non-hydrogen) atoms. The molecule has 0 amide bonds. The van der Waals surface area contributed by atoms with E-state index in [0.717, 1.165) is 6.26 Å². The van der Waals surface area contributed by atoms with E-state index in [4.69, 9.17) is 11.6 Å². The second-order valence-corrected chi connectivity index (χ2v) is 7.22. The smallest absolute Gasteiger partial charge is 0.252 e. The van der Waals surface area contributed by atoms with Crippen molar-refractivity contribution in [2.45, 2.75) is 18.2 Å². The average molecular weight is 342 g/mol. The molecule has 0 radical (unpaired) electrons. The SMILES string of the molecule is CCc1cc(Nc2nccn2C)c(S(C)(=O)=O)cc1C(=O)Cl. The molecule has 0 saturated heterocycles. The van der Waals surface area contributed by atoms with E-state index < -0.39 is 15.1 Å².